The van der Waals surface area contributed by atoms with E-state index < -0.39 is 5.38 Å². The average molecular weight is 341 g/mol. The predicted molar refractivity (Wildman–Crippen MR) is 64.5 cm³/mol. The predicted octanol–water partition coefficient (Wildman–Crippen LogP) is 3.24. The number of hydrogen-bond donors (Lipinski definition) is 1. The van der Waals surface area contributed by atoms with Gasteiger partial charge < -0.3 is 5.32 Å². The van der Waals surface area contributed by atoms with Gasteiger partial charge in [0.05, 0.1) is 0 Å². The summed E-state index contributed by atoms with van der Waals surface area (Å²) in [6.07, 6.45) is 0. The summed E-state index contributed by atoms with van der Waals surface area (Å²) >= 11 is 12.6. The molecule has 0 fully saturated rings. The Bertz CT molecular complexity index is 357. The molecule has 1 atom stereocenters. The van der Waals surface area contributed by atoms with Crippen LogP contribution in [-0.2, 0) is 4.79 Å². The number of rotatable bonds is 2. The normalized spacial score (nSPS) is 12.3. The second-order valence-electron chi connectivity index (χ2n) is 2.65. The molecular weight excluding hydrogens is 333 g/mol. The van der Waals surface area contributed by atoms with Crippen LogP contribution in [0.4, 0.5) is 0 Å². The van der Waals surface area contributed by atoms with Crippen LogP contribution < -0.4 is 5.32 Å². The first-order valence-corrected chi connectivity index (χ1v) is 5.89. The lowest BCUT2D eigenvalue weighted by Gasteiger charge is -2.08. The number of alkyl halides is 1. The molecule has 1 N–H and O–H groups in total. The second kappa shape index (κ2) is 5.14. The van der Waals surface area contributed by atoms with Crippen molar-refractivity contribution in [2.45, 2.75) is 5.38 Å². The first-order chi connectivity index (χ1) is 6.56. The van der Waals surface area contributed by atoms with Gasteiger partial charge >= 0.3 is 0 Å². The van der Waals surface area contributed by atoms with Crippen LogP contribution in [0.25, 0.3) is 0 Å². The highest BCUT2D eigenvalue weighted by atomic mass is 79.9. The quantitative estimate of drug-likeness (QED) is 0.822. The van der Waals surface area contributed by atoms with Gasteiger partial charge in [-0.05, 0) is 49.6 Å². The highest BCUT2D eigenvalue weighted by Crippen LogP contribution is 2.29. The minimum Gasteiger partial charge on any atom is -0.358 e. The molecule has 0 spiro atoms. The first-order valence-electron chi connectivity index (χ1n) is 3.87. The molecule has 0 saturated carbocycles. The number of nitrogens with one attached hydrogen (secondary N) is 1. The summed E-state index contributed by atoms with van der Waals surface area (Å²) in [4.78, 5) is 11.2. The molecule has 0 saturated heterocycles. The zero-order valence-electron chi connectivity index (χ0n) is 7.35. The van der Waals surface area contributed by atoms with E-state index in [1.807, 2.05) is 18.2 Å². The number of hydrogen-bond acceptors (Lipinski definition) is 1. The highest BCUT2D eigenvalue weighted by molar-refractivity contribution is 9.13. The summed E-state index contributed by atoms with van der Waals surface area (Å²) in [6.45, 7) is 0. The molecule has 1 rings (SSSR count). The molecule has 14 heavy (non-hydrogen) atoms. The second-order valence-corrected chi connectivity index (χ2v) is 4.80. The lowest BCUT2D eigenvalue weighted by molar-refractivity contribution is -0.120. The number of amides is 1. The fraction of sp³-hybridized carbons (Fsp3) is 0.222. The molecule has 0 aromatic heterocycles. The lowest BCUT2D eigenvalue weighted by Crippen LogP contribution is -2.22. The molecule has 0 radical (unpaired) electrons. The van der Waals surface area contributed by atoms with E-state index in [0.717, 1.165) is 14.5 Å². The third-order valence-electron chi connectivity index (χ3n) is 1.71. The van der Waals surface area contributed by atoms with Crippen molar-refractivity contribution in [3.63, 3.8) is 0 Å². The van der Waals surface area contributed by atoms with Crippen molar-refractivity contribution < 1.29 is 4.79 Å². The Kier molecular flexibility index (Phi) is 4.41. The van der Waals surface area contributed by atoms with Gasteiger partial charge in [0.1, 0.15) is 5.38 Å². The summed E-state index contributed by atoms with van der Waals surface area (Å²) in [5.41, 5.74) is 0.765. The fourth-order valence-corrected chi connectivity index (χ4v) is 1.84. The topological polar surface area (TPSA) is 29.1 Å². The van der Waals surface area contributed by atoms with Gasteiger partial charge in [0.15, 0.2) is 0 Å². The maximum Gasteiger partial charge on any atom is 0.242 e. The Labute approximate surface area is 104 Å². The SMILES string of the molecule is CNC(=O)C(Cl)c1ccc(Br)c(Br)c1. The van der Waals surface area contributed by atoms with E-state index in [-0.39, 0.29) is 5.91 Å². The zero-order chi connectivity index (χ0) is 10.7. The molecule has 76 valence electrons. The van der Waals surface area contributed by atoms with Crippen LogP contribution in [0.3, 0.4) is 0 Å². The number of halogens is 3. The van der Waals surface area contributed by atoms with Gasteiger partial charge in [0, 0.05) is 16.0 Å². The van der Waals surface area contributed by atoms with Crippen molar-refractivity contribution in [1.29, 1.82) is 0 Å². The van der Waals surface area contributed by atoms with Crippen molar-refractivity contribution >= 4 is 49.4 Å². The highest BCUT2D eigenvalue weighted by Gasteiger charge is 2.16. The van der Waals surface area contributed by atoms with Gasteiger partial charge in [-0.2, -0.15) is 0 Å². The maximum absolute atomic E-state index is 11.2. The van der Waals surface area contributed by atoms with Crippen LogP contribution in [0, 0.1) is 0 Å². The lowest BCUT2D eigenvalue weighted by atomic mass is 10.1. The van der Waals surface area contributed by atoms with Crippen molar-refractivity contribution in [2.24, 2.45) is 0 Å². The van der Waals surface area contributed by atoms with Gasteiger partial charge in [0.2, 0.25) is 5.91 Å². The van der Waals surface area contributed by atoms with Gasteiger partial charge in [-0.25, -0.2) is 0 Å². The average Bonchev–Trinajstić information content (AvgIpc) is 2.20. The van der Waals surface area contributed by atoms with Crippen LogP contribution in [0.5, 0.6) is 0 Å². The van der Waals surface area contributed by atoms with Gasteiger partial charge in [-0.3, -0.25) is 4.79 Å². The molecule has 1 aromatic rings. The Hall–Kier alpha value is -0.0600. The summed E-state index contributed by atoms with van der Waals surface area (Å²) in [7, 11) is 1.56. The molecule has 1 unspecified atom stereocenters. The minimum absolute atomic E-state index is 0.208. The summed E-state index contributed by atoms with van der Waals surface area (Å²) in [5.74, 6) is -0.208. The summed E-state index contributed by atoms with van der Waals surface area (Å²) < 4.78 is 1.81. The molecule has 0 bridgehead atoms. The van der Waals surface area contributed by atoms with E-state index in [4.69, 9.17) is 11.6 Å². The standard InChI is InChI=1S/C9H8Br2ClNO/c1-13-9(14)8(12)5-2-3-6(10)7(11)4-5/h2-4,8H,1H3,(H,13,14). The maximum atomic E-state index is 11.2. The number of likely N-dealkylation sites (N-methyl/N-ethyl adjacent to an activating group) is 1. The molecule has 0 heterocycles. The smallest absolute Gasteiger partial charge is 0.242 e. The van der Waals surface area contributed by atoms with Crippen LogP contribution in [-0.4, -0.2) is 13.0 Å². The fourth-order valence-electron chi connectivity index (χ4n) is 0.948. The molecular formula is C9H8Br2ClNO. The van der Waals surface area contributed by atoms with E-state index in [2.05, 4.69) is 37.2 Å². The van der Waals surface area contributed by atoms with Crippen molar-refractivity contribution in [1.82, 2.24) is 5.32 Å². The molecule has 5 heteroatoms. The minimum atomic E-state index is -0.649. The molecule has 1 aromatic carbocycles. The molecule has 0 aliphatic rings. The zero-order valence-corrected chi connectivity index (χ0v) is 11.3. The van der Waals surface area contributed by atoms with Crippen LogP contribution in [0.15, 0.2) is 27.1 Å². The van der Waals surface area contributed by atoms with E-state index >= 15 is 0 Å². The molecule has 2 nitrogen and oxygen atoms in total. The largest absolute Gasteiger partial charge is 0.358 e. The van der Waals surface area contributed by atoms with Crippen molar-refractivity contribution in [2.75, 3.05) is 7.05 Å². The van der Waals surface area contributed by atoms with Gasteiger partial charge in [-0.15, -0.1) is 11.6 Å². The third-order valence-corrected chi connectivity index (χ3v) is 4.04. The van der Waals surface area contributed by atoms with E-state index in [1.165, 1.54) is 0 Å². The van der Waals surface area contributed by atoms with E-state index in [1.54, 1.807) is 7.05 Å². The van der Waals surface area contributed by atoms with Gasteiger partial charge in [0.25, 0.3) is 0 Å². The van der Waals surface area contributed by atoms with E-state index in [9.17, 15) is 4.79 Å². The Balaban J connectivity index is 2.96. The van der Waals surface area contributed by atoms with Crippen molar-refractivity contribution in [3.05, 3.63) is 32.7 Å². The summed E-state index contributed by atoms with van der Waals surface area (Å²) in [5, 5.41) is 1.85. The van der Waals surface area contributed by atoms with Crippen LogP contribution >= 0.6 is 43.5 Å². The monoisotopic (exact) mass is 339 g/mol. The Morgan fingerprint density at radius 2 is 2.07 bits per heavy atom. The number of carbonyl (C=O) groups is 1. The first kappa shape index (κ1) is 12.0. The molecule has 0 aliphatic heterocycles. The van der Waals surface area contributed by atoms with Crippen LogP contribution in [0.1, 0.15) is 10.9 Å². The Morgan fingerprint density at radius 1 is 1.43 bits per heavy atom. The molecule has 1 amide bonds. The molecule has 0 aliphatic carbocycles. The third kappa shape index (κ3) is 2.72. The number of carbonyl (C=O) groups excluding carboxylic acids is 1. The van der Waals surface area contributed by atoms with Crippen molar-refractivity contribution in [3.8, 4) is 0 Å². The van der Waals surface area contributed by atoms with Crippen LogP contribution in [0.2, 0.25) is 0 Å². The van der Waals surface area contributed by atoms with E-state index in [0.29, 0.717) is 0 Å². The van der Waals surface area contributed by atoms with Gasteiger partial charge in [-0.1, -0.05) is 6.07 Å². The Morgan fingerprint density at radius 3 is 2.57 bits per heavy atom. The summed E-state index contributed by atoms with van der Waals surface area (Å²) in [6, 6.07) is 5.47. The number of benzene rings is 1.